The fraction of sp³-hybridized carbons (Fsp3) is 0.640. The molecule has 1 aromatic rings. The number of likely N-dealkylation sites (tertiary alicyclic amines) is 2. The lowest BCUT2D eigenvalue weighted by molar-refractivity contribution is -0.159. The third-order valence-electron chi connectivity index (χ3n) is 6.35. The number of amides is 2. The van der Waals surface area contributed by atoms with Crippen molar-refractivity contribution in [3.05, 3.63) is 35.9 Å². The number of benzene rings is 1. The summed E-state index contributed by atoms with van der Waals surface area (Å²) in [7, 11) is 0. The van der Waals surface area contributed by atoms with Crippen LogP contribution < -0.4 is 0 Å². The Labute approximate surface area is 191 Å². The zero-order valence-corrected chi connectivity index (χ0v) is 19.9. The third kappa shape index (κ3) is 5.43. The average Bonchev–Trinajstić information content (AvgIpc) is 3.02. The number of nitrogens with zero attached hydrogens (tertiary/aromatic N) is 2. The fourth-order valence-electron chi connectivity index (χ4n) is 4.59. The predicted octanol–water partition coefficient (Wildman–Crippen LogP) is 4.00. The molecule has 0 saturated carbocycles. The molecule has 1 atom stereocenters. The SMILES string of the molecule is CC(C)C(C(=O)OCc1ccccc1)N1CCC2(CCN(C(=O)OC(C)(C)C)CC2)C1=O. The lowest BCUT2D eigenvalue weighted by atomic mass is 9.77. The second kappa shape index (κ2) is 9.51. The minimum absolute atomic E-state index is 0.0108. The topological polar surface area (TPSA) is 76.2 Å². The standard InChI is InChI=1S/C25H36N2O5/c1-18(2)20(21(28)31-17-19-9-7-6-8-10-19)27-16-13-25(22(27)29)11-14-26(15-12-25)23(30)32-24(3,4)5/h6-10,18,20H,11-17H2,1-5H3. The molecule has 1 aromatic carbocycles. The van der Waals surface area contributed by atoms with Crippen molar-refractivity contribution in [1.29, 1.82) is 0 Å². The molecule has 1 spiro atoms. The maximum absolute atomic E-state index is 13.5. The van der Waals surface area contributed by atoms with Crippen LogP contribution in [0.4, 0.5) is 4.79 Å². The Kier molecular flexibility index (Phi) is 7.16. The summed E-state index contributed by atoms with van der Waals surface area (Å²) in [6.07, 6.45) is 1.54. The predicted molar refractivity (Wildman–Crippen MR) is 121 cm³/mol. The molecule has 3 rings (SSSR count). The highest BCUT2D eigenvalue weighted by molar-refractivity contribution is 5.90. The van der Waals surface area contributed by atoms with E-state index in [9.17, 15) is 14.4 Å². The molecule has 2 heterocycles. The van der Waals surface area contributed by atoms with Gasteiger partial charge in [0.2, 0.25) is 5.91 Å². The summed E-state index contributed by atoms with van der Waals surface area (Å²) in [4.78, 5) is 42.2. The van der Waals surface area contributed by atoms with Gasteiger partial charge >= 0.3 is 12.1 Å². The second-order valence-corrected chi connectivity index (χ2v) is 10.3. The molecule has 0 aromatic heterocycles. The van der Waals surface area contributed by atoms with E-state index in [2.05, 4.69) is 0 Å². The monoisotopic (exact) mass is 444 g/mol. The zero-order chi connectivity index (χ0) is 23.5. The van der Waals surface area contributed by atoms with Crippen LogP contribution in [0.2, 0.25) is 0 Å². The number of carbonyl (C=O) groups excluding carboxylic acids is 3. The van der Waals surface area contributed by atoms with Crippen LogP contribution in [0.1, 0.15) is 59.4 Å². The zero-order valence-electron chi connectivity index (χ0n) is 19.9. The highest BCUT2D eigenvalue weighted by Gasteiger charge is 2.52. The summed E-state index contributed by atoms with van der Waals surface area (Å²) >= 11 is 0. The first kappa shape index (κ1) is 24.1. The molecule has 32 heavy (non-hydrogen) atoms. The molecule has 7 heteroatoms. The van der Waals surface area contributed by atoms with Crippen molar-refractivity contribution in [3.8, 4) is 0 Å². The Balaban J connectivity index is 1.62. The number of piperidine rings is 1. The van der Waals surface area contributed by atoms with Crippen LogP contribution in [0.25, 0.3) is 0 Å². The van der Waals surface area contributed by atoms with Crippen molar-refractivity contribution < 1.29 is 23.9 Å². The third-order valence-corrected chi connectivity index (χ3v) is 6.35. The van der Waals surface area contributed by atoms with Crippen molar-refractivity contribution >= 4 is 18.0 Å². The van der Waals surface area contributed by atoms with Crippen LogP contribution in [0.3, 0.4) is 0 Å². The first-order valence-corrected chi connectivity index (χ1v) is 11.5. The largest absolute Gasteiger partial charge is 0.459 e. The van der Waals surface area contributed by atoms with Crippen LogP contribution in [-0.2, 0) is 25.7 Å². The first-order chi connectivity index (χ1) is 15.0. The van der Waals surface area contributed by atoms with E-state index in [-0.39, 0.29) is 30.5 Å². The Morgan fingerprint density at radius 3 is 2.19 bits per heavy atom. The Hall–Kier alpha value is -2.57. The Bertz CT molecular complexity index is 822. The van der Waals surface area contributed by atoms with Crippen LogP contribution in [0, 0.1) is 11.3 Å². The van der Waals surface area contributed by atoms with E-state index in [0.29, 0.717) is 38.9 Å². The summed E-state index contributed by atoms with van der Waals surface area (Å²) in [5, 5.41) is 0. The van der Waals surface area contributed by atoms with E-state index in [1.165, 1.54) is 0 Å². The van der Waals surface area contributed by atoms with E-state index >= 15 is 0 Å². The van der Waals surface area contributed by atoms with Gasteiger partial charge in [0.15, 0.2) is 0 Å². The van der Waals surface area contributed by atoms with Gasteiger partial charge in [-0.3, -0.25) is 4.79 Å². The van der Waals surface area contributed by atoms with Gasteiger partial charge in [0, 0.05) is 19.6 Å². The lowest BCUT2D eigenvalue weighted by Crippen LogP contribution is -2.51. The molecular formula is C25H36N2O5. The Morgan fingerprint density at radius 1 is 1.03 bits per heavy atom. The van der Waals surface area contributed by atoms with Crippen LogP contribution in [-0.4, -0.2) is 59.0 Å². The van der Waals surface area contributed by atoms with Crippen LogP contribution >= 0.6 is 0 Å². The summed E-state index contributed by atoms with van der Waals surface area (Å²) in [5.41, 5.74) is -0.135. The van der Waals surface area contributed by atoms with E-state index in [0.717, 1.165) is 5.56 Å². The maximum Gasteiger partial charge on any atom is 0.410 e. The normalized spacial score (nSPS) is 19.4. The molecule has 2 fully saturated rings. The highest BCUT2D eigenvalue weighted by atomic mass is 16.6. The molecule has 0 aliphatic carbocycles. The quantitative estimate of drug-likeness (QED) is 0.642. The number of hydrogen-bond acceptors (Lipinski definition) is 5. The minimum Gasteiger partial charge on any atom is -0.459 e. The van der Waals surface area contributed by atoms with Crippen molar-refractivity contribution in [3.63, 3.8) is 0 Å². The molecule has 2 saturated heterocycles. The minimum atomic E-state index is -0.602. The Morgan fingerprint density at radius 2 is 1.62 bits per heavy atom. The van der Waals surface area contributed by atoms with Gasteiger partial charge in [0.25, 0.3) is 0 Å². The molecule has 0 bridgehead atoms. The molecule has 2 amide bonds. The molecule has 2 aliphatic heterocycles. The lowest BCUT2D eigenvalue weighted by Gasteiger charge is -2.39. The fourth-order valence-corrected chi connectivity index (χ4v) is 4.59. The van der Waals surface area contributed by atoms with Crippen molar-refractivity contribution in [2.75, 3.05) is 19.6 Å². The molecule has 176 valence electrons. The summed E-state index contributed by atoms with van der Waals surface area (Å²) in [5.74, 6) is -0.406. The number of ether oxygens (including phenoxy) is 2. The molecule has 2 aliphatic rings. The van der Waals surface area contributed by atoms with E-state index < -0.39 is 17.1 Å². The molecule has 0 N–H and O–H groups in total. The van der Waals surface area contributed by atoms with Gasteiger partial charge in [-0.2, -0.15) is 0 Å². The van der Waals surface area contributed by atoms with E-state index in [1.54, 1.807) is 9.80 Å². The van der Waals surface area contributed by atoms with E-state index in [4.69, 9.17) is 9.47 Å². The van der Waals surface area contributed by atoms with Gasteiger partial charge in [0.05, 0.1) is 5.41 Å². The van der Waals surface area contributed by atoms with Gasteiger partial charge in [-0.25, -0.2) is 9.59 Å². The molecule has 1 unspecified atom stereocenters. The van der Waals surface area contributed by atoms with Gasteiger partial charge in [0.1, 0.15) is 18.2 Å². The average molecular weight is 445 g/mol. The van der Waals surface area contributed by atoms with Gasteiger partial charge in [-0.15, -0.1) is 0 Å². The smallest absolute Gasteiger partial charge is 0.410 e. The number of rotatable bonds is 5. The highest BCUT2D eigenvalue weighted by Crippen LogP contribution is 2.43. The van der Waals surface area contributed by atoms with Crippen LogP contribution in [0.15, 0.2) is 30.3 Å². The summed E-state index contributed by atoms with van der Waals surface area (Å²) in [6.45, 7) is 11.1. The van der Waals surface area contributed by atoms with Gasteiger partial charge in [-0.05, 0) is 51.5 Å². The van der Waals surface area contributed by atoms with Crippen molar-refractivity contribution in [2.24, 2.45) is 11.3 Å². The van der Waals surface area contributed by atoms with Crippen molar-refractivity contribution in [1.82, 2.24) is 9.80 Å². The van der Waals surface area contributed by atoms with Crippen molar-refractivity contribution in [2.45, 2.75) is 72.1 Å². The number of hydrogen-bond donors (Lipinski definition) is 0. The molecule has 0 radical (unpaired) electrons. The van der Waals surface area contributed by atoms with Gasteiger partial charge < -0.3 is 19.3 Å². The summed E-state index contributed by atoms with van der Waals surface area (Å²) in [6, 6.07) is 8.94. The summed E-state index contributed by atoms with van der Waals surface area (Å²) < 4.78 is 11.1. The molecular weight excluding hydrogens is 408 g/mol. The van der Waals surface area contributed by atoms with E-state index in [1.807, 2.05) is 65.0 Å². The number of esters is 1. The maximum atomic E-state index is 13.5. The molecule has 7 nitrogen and oxygen atoms in total. The van der Waals surface area contributed by atoms with Gasteiger partial charge in [-0.1, -0.05) is 44.2 Å². The number of carbonyl (C=O) groups is 3. The van der Waals surface area contributed by atoms with Crippen LogP contribution in [0.5, 0.6) is 0 Å². The first-order valence-electron chi connectivity index (χ1n) is 11.5. The second-order valence-electron chi connectivity index (χ2n) is 10.3.